The van der Waals surface area contributed by atoms with Crippen molar-refractivity contribution in [3.63, 3.8) is 0 Å². The smallest absolute Gasteiger partial charge is 0.870 e. The van der Waals surface area contributed by atoms with Gasteiger partial charge in [0, 0.05) is 120 Å². The number of imide groups is 1. The van der Waals surface area contributed by atoms with Gasteiger partial charge < -0.3 is 120 Å². The number of nitrogens with one attached hydrogen (secondary N) is 1. The zero-order valence-electron chi connectivity index (χ0n) is 85.8. The Labute approximate surface area is 916 Å². The van der Waals surface area contributed by atoms with Gasteiger partial charge in [-0.3, -0.25) is 62.4 Å². The van der Waals surface area contributed by atoms with Crippen molar-refractivity contribution in [3.05, 3.63) is 144 Å². The molecule has 3 aliphatic rings. The van der Waals surface area contributed by atoms with Gasteiger partial charge in [-0.2, -0.15) is 6.92 Å². The van der Waals surface area contributed by atoms with E-state index in [1.54, 1.807) is 88.4 Å². The number of aliphatic hydroxyl groups is 2. The van der Waals surface area contributed by atoms with E-state index < -0.39 is 211 Å². The predicted octanol–water partition coefficient (Wildman–Crippen LogP) is -5.61. The van der Waals surface area contributed by atoms with E-state index in [-0.39, 0.29) is 224 Å². The number of aryl methyl sites for hydroxylation is 2. The maximum absolute atomic E-state index is 14.8. The fraction of sp³-hybridized carbons (Fsp3) is 0.580. The molecule has 7 rings (SSSR count). The summed E-state index contributed by atoms with van der Waals surface area (Å²) in [6.07, 6.45) is -6.23. The molecular formula is C100H141N3Na4O34. The summed E-state index contributed by atoms with van der Waals surface area (Å²) in [7, 11) is 7.17. The number of carboxylic acids is 3. The number of esters is 6. The van der Waals surface area contributed by atoms with Crippen LogP contribution in [0.2, 0.25) is 0 Å². The van der Waals surface area contributed by atoms with Gasteiger partial charge in [0.2, 0.25) is 23.6 Å². The molecule has 18 atom stereocenters. The third kappa shape index (κ3) is 44.6. The molecule has 0 spiro atoms. The molecule has 764 valence electrons. The van der Waals surface area contributed by atoms with E-state index in [0.717, 1.165) is 43.9 Å². The van der Waals surface area contributed by atoms with E-state index in [1.807, 2.05) is 39.8 Å². The molecule has 3 heterocycles. The minimum Gasteiger partial charge on any atom is -0.870 e. The van der Waals surface area contributed by atoms with Gasteiger partial charge >= 0.3 is 154 Å². The summed E-state index contributed by atoms with van der Waals surface area (Å²) in [6, 6.07) is 26.4. The number of likely N-dealkylation sites (tertiary alicyclic amines) is 1. The van der Waals surface area contributed by atoms with Crippen LogP contribution in [0.25, 0.3) is 0 Å². The number of carbonyl (C=O) groups is 16. The van der Waals surface area contributed by atoms with Crippen molar-refractivity contribution < 1.29 is 283 Å². The van der Waals surface area contributed by atoms with Crippen LogP contribution in [0.1, 0.15) is 205 Å². The van der Waals surface area contributed by atoms with Crippen molar-refractivity contribution in [1.29, 1.82) is 0 Å². The number of ether oxygens (including phenoxy) is 12. The summed E-state index contributed by atoms with van der Waals surface area (Å²) < 4.78 is 65.0. The topological polar surface area (TPSA) is 565 Å². The van der Waals surface area contributed by atoms with Crippen LogP contribution in [0.4, 0.5) is 0 Å². The molecule has 0 bridgehead atoms. The van der Waals surface area contributed by atoms with Crippen LogP contribution in [0.5, 0.6) is 11.5 Å². The summed E-state index contributed by atoms with van der Waals surface area (Å²) in [5.74, 6) is -31.9. The number of rotatable bonds is 55. The van der Waals surface area contributed by atoms with Crippen LogP contribution in [-0.2, 0) is 105 Å². The van der Waals surface area contributed by atoms with E-state index >= 15 is 0 Å². The van der Waals surface area contributed by atoms with Gasteiger partial charge in [-0.25, -0.2) is 4.79 Å². The van der Waals surface area contributed by atoms with Crippen LogP contribution in [0.3, 0.4) is 0 Å². The average molecular weight is 2020 g/mol. The van der Waals surface area contributed by atoms with Gasteiger partial charge in [0.25, 0.3) is 0 Å². The Kier molecular flexibility index (Phi) is 76.0. The zero-order chi connectivity index (χ0) is 103. The van der Waals surface area contributed by atoms with Crippen molar-refractivity contribution in [3.8, 4) is 11.5 Å². The van der Waals surface area contributed by atoms with Crippen LogP contribution in [0, 0.1) is 98.7 Å². The fourth-order valence-electron chi connectivity index (χ4n) is 15.9. The molecule has 3 fully saturated rings. The van der Waals surface area contributed by atoms with Gasteiger partial charge in [-0.1, -0.05) is 120 Å². The first-order valence-corrected chi connectivity index (χ1v) is 45.8. The van der Waals surface area contributed by atoms with Crippen molar-refractivity contribution in [1.82, 2.24) is 10.2 Å². The number of nitrogens with two attached hydrogens (primary N) is 1. The Morgan fingerprint density at radius 1 is 0.475 bits per heavy atom. The Morgan fingerprint density at radius 3 is 1.22 bits per heavy atom. The zero-order valence-corrected chi connectivity index (χ0v) is 93.8. The number of aliphatic carboxylic acids is 3. The molecule has 141 heavy (non-hydrogen) atoms. The second kappa shape index (κ2) is 76.4. The maximum atomic E-state index is 14.8. The van der Waals surface area contributed by atoms with E-state index in [1.165, 1.54) is 72.3 Å². The first-order valence-electron chi connectivity index (χ1n) is 45.8. The molecule has 0 saturated carbocycles. The molecule has 37 nitrogen and oxygen atoms in total. The number of ketones is 4. The third-order valence-electron chi connectivity index (χ3n) is 23.3. The molecule has 4 aromatic rings. The van der Waals surface area contributed by atoms with Gasteiger partial charge in [0.05, 0.1) is 111 Å². The van der Waals surface area contributed by atoms with Crippen LogP contribution >= 0.6 is 0 Å². The number of benzene rings is 4. The van der Waals surface area contributed by atoms with E-state index in [0.29, 0.717) is 54.5 Å². The number of unbranched alkanes of at least 4 members (excludes halogenated alkanes) is 3. The standard InChI is InChI=1S/C65H90N2O24.C18H18O4.C9H13O4.C4H11N.C2H6O.C2H5.4Na.H2O/c1-12-16-26-66-56(70)52(41(59(73)74)31-47(84-8)51-36(6)62(79)91-65(51)82)48(85-9)30-40-53(58(72)67(57(40)71)27-17-13-2)49(86-10)32-43(61(77)78)55(63(80)88-15-4)50(87-11)33-42(60(75)76)54(46(14-3)83-7)64(81)90-29-28-89-39-24-22-38(23-25-39)45(69)34-44(68)37-20-18-35(5)19-21-37;1-13-2-4-14(5-3-13)17(20)12-18(21)15-6-8-16(9-7-15)22-11-10-19;1-4-6(12-3)7-5(2)8(10)13-9(7)11;1-2-3-4-5;1-2-3;1-2;;;;;/h18-25,36,40-43,46-55H,12-17,26-34H2,1-11H3,(H,66,70)(H,73,74)(H,75,76)(H,77,78);2-9,19H,10-12H2,1H3;5-7H,2,4H2,1,3H3;2-5H2,1H3;3H,2H2,1H3;1H2,2H3;;;;;1H2/q;;+1;;;-1;4*+1;/p-4. The van der Waals surface area contributed by atoms with Gasteiger partial charge in [-0.15, -0.1) is 0 Å². The summed E-state index contributed by atoms with van der Waals surface area (Å²) in [5, 5.41) is 59.3. The SMILES string of the molecule is CCCCN.CCCCNC(=O)C(C(CC1C(=O)N(CCCC)C(=O)C1C(CC(C(=O)[O-])C(C(=O)OCC)C(CC(C(=O)[O-])C(C(=O)OCCOc1ccc(C(=O)CC(=O)c2ccc(C)cc2)cc1)C(CC)OC)OC)OC)OC)C(CC(OC)C1C(=O)OC(=O)C1C)C(=O)[O-].CCO.Cc1ccc(C(=O)CC(=O)c2ccc(OCCO)cc2)cc1.[CH2+]C1C(=O)OC(=O)C1C(CC)OC.[CH2-]C.[Na+].[Na+].[Na+].[Na+].[OH-]. The van der Waals surface area contributed by atoms with Crippen LogP contribution in [-0.4, -0.2) is 254 Å². The first kappa shape index (κ1) is 140. The first-order chi connectivity index (χ1) is 64.9. The number of amides is 3. The molecule has 0 aliphatic carbocycles. The number of carbonyl (C=O) groups excluding carboxylic acids is 16. The van der Waals surface area contributed by atoms with E-state index in [2.05, 4.69) is 30.8 Å². The molecule has 3 amide bonds. The summed E-state index contributed by atoms with van der Waals surface area (Å²) >= 11 is 0. The second-order valence-corrected chi connectivity index (χ2v) is 32.3. The molecule has 41 heteroatoms. The average Bonchev–Trinajstić information content (AvgIpc) is 1.63. The van der Waals surface area contributed by atoms with Gasteiger partial charge in [-0.05, 0) is 141 Å². The quantitative estimate of drug-likeness (QED) is 0.00468. The molecule has 0 aromatic heterocycles. The molecule has 3 aliphatic heterocycles. The minimum atomic E-state index is -2.09. The van der Waals surface area contributed by atoms with Crippen molar-refractivity contribution >= 4 is 94.6 Å². The summed E-state index contributed by atoms with van der Waals surface area (Å²) in [5.41, 5.74) is 8.81. The largest absolute Gasteiger partial charge is 1.00 e. The number of aliphatic hydroxyl groups excluding tert-OH is 2. The summed E-state index contributed by atoms with van der Waals surface area (Å²) in [4.78, 5) is 211. The second-order valence-electron chi connectivity index (χ2n) is 32.3. The van der Waals surface area contributed by atoms with Crippen LogP contribution < -0.4 is 154 Å². The maximum Gasteiger partial charge on any atom is 1.00 e. The Bertz CT molecular complexity index is 4420. The van der Waals surface area contributed by atoms with Crippen molar-refractivity contribution in [2.75, 3.05) is 102 Å². The van der Waals surface area contributed by atoms with Crippen molar-refractivity contribution in [2.45, 2.75) is 203 Å². The molecule has 6 N–H and O–H groups in total. The predicted molar refractivity (Wildman–Crippen MR) is 491 cm³/mol. The molecule has 4 aromatic carbocycles. The number of carboxylic acid groups (broad SMARTS) is 3. The third-order valence-corrected chi connectivity index (χ3v) is 23.3. The normalized spacial score (nSPS) is 17.9. The molecule has 18 unspecified atom stereocenters. The monoisotopic (exact) mass is 2020 g/mol. The number of hydrogen-bond donors (Lipinski definition) is 4. The Hall–Kier alpha value is -7.13. The molecule has 0 radical (unpaired) electrons. The number of hydrogen-bond acceptors (Lipinski definition) is 35. The fourth-order valence-corrected chi connectivity index (χ4v) is 15.9. The van der Waals surface area contributed by atoms with Gasteiger partial charge in [0.1, 0.15) is 37.2 Å². The molecule has 3 saturated heterocycles. The molecular weight excluding hydrogens is 1880 g/mol. The Morgan fingerprint density at radius 2 is 0.865 bits per heavy atom. The Balaban J connectivity index is -0.00000152. The number of methoxy groups -OCH3 is 6. The minimum absolute atomic E-state index is 0. The van der Waals surface area contributed by atoms with Gasteiger partial charge in [0.15, 0.2) is 23.1 Å². The van der Waals surface area contributed by atoms with Crippen molar-refractivity contribution in [2.24, 2.45) is 76.7 Å². The van der Waals surface area contributed by atoms with Crippen LogP contribution in [0.15, 0.2) is 97.1 Å². The number of cyclic esters (lactones) is 4. The van der Waals surface area contributed by atoms with E-state index in [4.69, 9.17) is 68.1 Å². The summed E-state index contributed by atoms with van der Waals surface area (Å²) in [6.45, 7) is 26.2. The number of Topliss-reactive ketones (excluding diaryl/α,β-unsaturated/α-hetero) is 4. The van der Waals surface area contributed by atoms with E-state index in [9.17, 15) is 92.0 Å². The number of nitrogens with zero attached hydrogens (tertiary/aromatic N) is 1.